The van der Waals surface area contributed by atoms with Crippen LogP contribution in [0.1, 0.15) is 5.56 Å². The summed E-state index contributed by atoms with van der Waals surface area (Å²) in [6, 6.07) is 23.8. The molecular formula is C23H17ClN2O2S. The largest absolute Gasteiger partial charge is 0.350 e. The van der Waals surface area contributed by atoms with Crippen molar-refractivity contribution in [1.82, 2.24) is 0 Å². The lowest BCUT2D eigenvalue weighted by atomic mass is 10.2. The lowest BCUT2D eigenvalue weighted by Crippen LogP contribution is -2.32. The first-order valence-electron chi connectivity index (χ1n) is 8.98. The molecule has 0 aromatic heterocycles. The molecule has 0 saturated heterocycles. The van der Waals surface area contributed by atoms with E-state index in [4.69, 9.17) is 11.6 Å². The van der Waals surface area contributed by atoms with Crippen LogP contribution in [-0.2, 0) is 9.59 Å². The van der Waals surface area contributed by atoms with Gasteiger partial charge in [-0.1, -0.05) is 59.3 Å². The van der Waals surface area contributed by atoms with Crippen molar-refractivity contribution in [2.75, 3.05) is 10.2 Å². The molecule has 2 amide bonds. The highest BCUT2D eigenvalue weighted by Gasteiger charge is 2.40. The fraction of sp³-hybridized carbons (Fsp3) is 0.0435. The lowest BCUT2D eigenvalue weighted by Gasteiger charge is -2.15. The predicted molar refractivity (Wildman–Crippen MR) is 118 cm³/mol. The molecule has 1 N–H and O–H groups in total. The van der Waals surface area contributed by atoms with E-state index in [2.05, 4.69) is 5.32 Å². The summed E-state index contributed by atoms with van der Waals surface area (Å²) >= 11 is 7.23. The summed E-state index contributed by atoms with van der Waals surface area (Å²) < 4.78 is 0. The van der Waals surface area contributed by atoms with Gasteiger partial charge in [-0.25, -0.2) is 4.90 Å². The summed E-state index contributed by atoms with van der Waals surface area (Å²) in [5.41, 5.74) is 2.61. The second-order valence-corrected chi connectivity index (χ2v) is 8.05. The molecule has 0 aliphatic carbocycles. The van der Waals surface area contributed by atoms with E-state index >= 15 is 0 Å². The van der Waals surface area contributed by atoms with Crippen LogP contribution < -0.4 is 10.2 Å². The SMILES string of the molecule is Cc1ccc(NC2=C(Sc3ccccc3)C(=O)N(c3ccc(Cl)cc3)C2=O)cc1. The number of amides is 2. The van der Waals surface area contributed by atoms with Gasteiger partial charge in [0.15, 0.2) is 0 Å². The molecule has 0 saturated carbocycles. The van der Waals surface area contributed by atoms with Gasteiger partial charge >= 0.3 is 0 Å². The summed E-state index contributed by atoms with van der Waals surface area (Å²) in [6.45, 7) is 1.99. The van der Waals surface area contributed by atoms with Crippen LogP contribution in [0.15, 0.2) is 94.4 Å². The van der Waals surface area contributed by atoms with Gasteiger partial charge in [-0.05, 0) is 55.5 Å². The van der Waals surface area contributed by atoms with Crippen LogP contribution in [0.5, 0.6) is 0 Å². The molecule has 0 unspecified atom stereocenters. The second-order valence-electron chi connectivity index (χ2n) is 6.53. The second kappa shape index (κ2) is 8.15. The number of rotatable bonds is 5. The van der Waals surface area contributed by atoms with Gasteiger partial charge in [0.1, 0.15) is 10.6 Å². The predicted octanol–water partition coefficient (Wildman–Crippen LogP) is 5.64. The average molecular weight is 421 g/mol. The molecule has 0 bridgehead atoms. The van der Waals surface area contributed by atoms with Crippen molar-refractivity contribution in [3.8, 4) is 0 Å². The van der Waals surface area contributed by atoms with E-state index < -0.39 is 5.91 Å². The maximum absolute atomic E-state index is 13.2. The highest BCUT2D eigenvalue weighted by molar-refractivity contribution is 8.04. The Kier molecular flexibility index (Phi) is 5.43. The highest BCUT2D eigenvalue weighted by Crippen LogP contribution is 2.38. The number of halogens is 1. The number of hydrogen-bond acceptors (Lipinski definition) is 4. The number of anilines is 2. The van der Waals surface area contributed by atoms with E-state index in [1.165, 1.54) is 16.7 Å². The van der Waals surface area contributed by atoms with E-state index in [0.29, 0.717) is 15.6 Å². The van der Waals surface area contributed by atoms with E-state index in [0.717, 1.165) is 16.1 Å². The quantitative estimate of drug-likeness (QED) is 0.543. The summed E-state index contributed by atoms with van der Waals surface area (Å²) in [5.74, 6) is -0.753. The van der Waals surface area contributed by atoms with Crippen molar-refractivity contribution in [3.63, 3.8) is 0 Å². The van der Waals surface area contributed by atoms with Crippen molar-refractivity contribution in [2.24, 2.45) is 0 Å². The maximum atomic E-state index is 13.2. The van der Waals surface area contributed by atoms with Crippen molar-refractivity contribution in [1.29, 1.82) is 0 Å². The number of aryl methyl sites for hydroxylation is 1. The zero-order chi connectivity index (χ0) is 20.4. The molecular weight excluding hydrogens is 404 g/mol. The van der Waals surface area contributed by atoms with Gasteiger partial charge < -0.3 is 5.32 Å². The van der Waals surface area contributed by atoms with Gasteiger partial charge in [0.25, 0.3) is 11.8 Å². The number of imide groups is 1. The number of hydrogen-bond donors (Lipinski definition) is 1. The third-order valence-electron chi connectivity index (χ3n) is 4.41. The molecule has 6 heteroatoms. The zero-order valence-corrected chi connectivity index (χ0v) is 17.1. The fourth-order valence-corrected chi connectivity index (χ4v) is 4.00. The van der Waals surface area contributed by atoms with Crippen LogP contribution in [0, 0.1) is 6.92 Å². The van der Waals surface area contributed by atoms with Gasteiger partial charge in [0, 0.05) is 15.6 Å². The number of nitrogens with zero attached hydrogens (tertiary/aromatic N) is 1. The molecule has 4 rings (SSSR count). The van der Waals surface area contributed by atoms with Crippen molar-refractivity contribution < 1.29 is 9.59 Å². The molecule has 1 aliphatic rings. The van der Waals surface area contributed by atoms with Crippen molar-refractivity contribution in [2.45, 2.75) is 11.8 Å². The summed E-state index contributed by atoms with van der Waals surface area (Å²) in [6.07, 6.45) is 0. The molecule has 144 valence electrons. The molecule has 1 aliphatic heterocycles. The Morgan fingerprint density at radius 2 is 1.48 bits per heavy atom. The Labute approximate surface area is 178 Å². The number of carbonyl (C=O) groups excluding carboxylic acids is 2. The fourth-order valence-electron chi connectivity index (χ4n) is 2.93. The van der Waals surface area contributed by atoms with E-state index in [-0.39, 0.29) is 11.6 Å². The number of nitrogens with one attached hydrogen (secondary N) is 1. The smallest absolute Gasteiger partial charge is 0.283 e. The Morgan fingerprint density at radius 3 is 2.14 bits per heavy atom. The minimum absolute atomic E-state index is 0.266. The van der Waals surface area contributed by atoms with E-state index in [1.807, 2.05) is 61.5 Å². The van der Waals surface area contributed by atoms with Gasteiger partial charge in [0.2, 0.25) is 0 Å². The van der Waals surface area contributed by atoms with Crippen LogP contribution in [0.4, 0.5) is 11.4 Å². The van der Waals surface area contributed by atoms with Crippen molar-refractivity contribution >= 4 is 46.6 Å². The first-order chi connectivity index (χ1) is 14.0. The number of carbonyl (C=O) groups is 2. The van der Waals surface area contributed by atoms with Crippen LogP contribution in [0.3, 0.4) is 0 Å². The van der Waals surface area contributed by atoms with Crippen LogP contribution in [-0.4, -0.2) is 11.8 Å². The third kappa shape index (κ3) is 4.06. The molecule has 0 fully saturated rings. The third-order valence-corrected chi connectivity index (χ3v) is 5.75. The van der Waals surface area contributed by atoms with Crippen LogP contribution in [0.25, 0.3) is 0 Å². The maximum Gasteiger partial charge on any atom is 0.283 e. The van der Waals surface area contributed by atoms with Gasteiger partial charge in [-0.15, -0.1) is 0 Å². The molecule has 1 heterocycles. The molecule has 0 radical (unpaired) electrons. The molecule has 0 atom stereocenters. The van der Waals surface area contributed by atoms with Crippen molar-refractivity contribution in [3.05, 3.63) is 100 Å². The Bertz CT molecular complexity index is 1090. The summed E-state index contributed by atoms with van der Waals surface area (Å²) in [7, 11) is 0. The molecule has 3 aromatic carbocycles. The molecule has 0 spiro atoms. The topological polar surface area (TPSA) is 49.4 Å². The van der Waals surface area contributed by atoms with Crippen LogP contribution >= 0.6 is 23.4 Å². The van der Waals surface area contributed by atoms with Gasteiger partial charge in [-0.2, -0.15) is 0 Å². The van der Waals surface area contributed by atoms with E-state index in [1.54, 1.807) is 24.3 Å². The number of thioether (sulfide) groups is 1. The normalized spacial score (nSPS) is 13.9. The average Bonchev–Trinajstić information content (AvgIpc) is 2.95. The molecule has 3 aromatic rings. The molecule has 4 nitrogen and oxygen atoms in total. The first-order valence-corrected chi connectivity index (χ1v) is 10.2. The zero-order valence-electron chi connectivity index (χ0n) is 15.6. The van der Waals surface area contributed by atoms with Gasteiger partial charge in [0.05, 0.1) is 5.69 Å². The lowest BCUT2D eigenvalue weighted by molar-refractivity contribution is -0.120. The standard InChI is InChI=1S/C23H17ClN2O2S/c1-15-7-11-17(12-8-15)25-20-21(29-19-5-3-2-4-6-19)23(28)26(22(20)27)18-13-9-16(24)10-14-18/h2-14,25H,1H3. The minimum atomic E-state index is -0.392. The molecule has 29 heavy (non-hydrogen) atoms. The Hall–Kier alpha value is -3.02. The monoisotopic (exact) mass is 420 g/mol. The Balaban J connectivity index is 1.73. The van der Waals surface area contributed by atoms with Gasteiger partial charge in [-0.3, -0.25) is 9.59 Å². The number of benzene rings is 3. The van der Waals surface area contributed by atoms with Crippen LogP contribution in [0.2, 0.25) is 5.02 Å². The van der Waals surface area contributed by atoms with E-state index in [9.17, 15) is 9.59 Å². The Morgan fingerprint density at radius 1 is 0.828 bits per heavy atom. The first kappa shape index (κ1) is 19.3. The highest BCUT2D eigenvalue weighted by atomic mass is 35.5. The summed E-state index contributed by atoms with van der Waals surface area (Å²) in [4.78, 5) is 28.8. The minimum Gasteiger partial charge on any atom is -0.350 e. The summed E-state index contributed by atoms with van der Waals surface area (Å²) in [5, 5.41) is 3.69.